The molecule has 2 aromatic rings. The highest BCUT2D eigenvalue weighted by molar-refractivity contribution is 5.38. The van der Waals surface area contributed by atoms with Crippen LogP contribution in [0.2, 0.25) is 0 Å². The van der Waals surface area contributed by atoms with Gasteiger partial charge in [0.15, 0.2) is 5.82 Å². The zero-order chi connectivity index (χ0) is 13.7. The van der Waals surface area contributed by atoms with Gasteiger partial charge in [0, 0.05) is 12.6 Å². The average molecular weight is 257 g/mol. The van der Waals surface area contributed by atoms with E-state index in [1.165, 1.54) is 11.1 Å². The third kappa shape index (κ3) is 4.21. The number of benzene rings is 1. The molecule has 0 bridgehead atoms. The van der Waals surface area contributed by atoms with Crippen LogP contribution < -0.4 is 10.6 Å². The summed E-state index contributed by atoms with van der Waals surface area (Å²) in [7, 11) is 0. The molecule has 1 heterocycles. The molecule has 5 heteroatoms. The summed E-state index contributed by atoms with van der Waals surface area (Å²) in [6.07, 6.45) is 1.62. The number of aryl methyl sites for hydroxylation is 1. The van der Waals surface area contributed by atoms with Crippen molar-refractivity contribution in [2.24, 2.45) is 0 Å². The molecule has 1 aromatic heterocycles. The van der Waals surface area contributed by atoms with Gasteiger partial charge in [-0.1, -0.05) is 29.8 Å². The van der Waals surface area contributed by atoms with E-state index >= 15 is 0 Å². The van der Waals surface area contributed by atoms with E-state index in [0.717, 1.165) is 5.82 Å². The Morgan fingerprint density at radius 3 is 2.58 bits per heavy atom. The summed E-state index contributed by atoms with van der Waals surface area (Å²) in [5, 5.41) is 14.3. The van der Waals surface area contributed by atoms with Crippen molar-refractivity contribution < 1.29 is 0 Å². The molecule has 0 radical (unpaired) electrons. The van der Waals surface area contributed by atoms with Crippen LogP contribution in [0.5, 0.6) is 0 Å². The summed E-state index contributed by atoms with van der Waals surface area (Å²) in [4.78, 5) is 4.35. The molecule has 0 aliphatic heterocycles. The fraction of sp³-hybridized carbons (Fsp3) is 0.357. The number of nitrogens with zero attached hydrogens (tertiary/aromatic N) is 3. The second-order valence-corrected chi connectivity index (χ2v) is 4.80. The quantitative estimate of drug-likeness (QED) is 0.862. The number of nitrogens with one attached hydrogen (secondary N) is 2. The van der Waals surface area contributed by atoms with Crippen LogP contribution in [0.15, 0.2) is 30.5 Å². The molecule has 0 saturated heterocycles. The van der Waals surface area contributed by atoms with E-state index in [-0.39, 0.29) is 0 Å². The number of hydrogen-bond donors (Lipinski definition) is 2. The Labute approximate surface area is 113 Å². The summed E-state index contributed by atoms with van der Waals surface area (Å²) >= 11 is 0. The third-order valence-corrected chi connectivity index (χ3v) is 2.57. The van der Waals surface area contributed by atoms with Gasteiger partial charge < -0.3 is 10.6 Å². The molecule has 0 amide bonds. The van der Waals surface area contributed by atoms with Crippen LogP contribution in [0.3, 0.4) is 0 Å². The first-order valence-corrected chi connectivity index (χ1v) is 6.39. The van der Waals surface area contributed by atoms with Gasteiger partial charge in [-0.3, -0.25) is 0 Å². The van der Waals surface area contributed by atoms with Gasteiger partial charge in [0.25, 0.3) is 0 Å². The lowest BCUT2D eigenvalue weighted by Gasteiger charge is -2.09. The van der Waals surface area contributed by atoms with Gasteiger partial charge in [-0.15, -0.1) is 5.10 Å². The van der Waals surface area contributed by atoms with Crippen LogP contribution in [0.4, 0.5) is 11.8 Å². The normalized spacial score (nSPS) is 10.5. The Balaban J connectivity index is 1.97. The molecule has 1 aromatic carbocycles. The monoisotopic (exact) mass is 257 g/mol. The van der Waals surface area contributed by atoms with Gasteiger partial charge in [-0.05, 0) is 26.3 Å². The SMILES string of the molecule is Cc1ccc(CNc2nncc(NC(C)C)n2)cc1. The van der Waals surface area contributed by atoms with E-state index < -0.39 is 0 Å². The first-order chi connectivity index (χ1) is 9.13. The van der Waals surface area contributed by atoms with Gasteiger partial charge in [0.1, 0.15) is 0 Å². The lowest BCUT2D eigenvalue weighted by molar-refractivity contribution is 0.868. The zero-order valence-electron chi connectivity index (χ0n) is 11.5. The van der Waals surface area contributed by atoms with Crippen molar-refractivity contribution in [3.05, 3.63) is 41.6 Å². The maximum absolute atomic E-state index is 4.35. The van der Waals surface area contributed by atoms with Crippen LogP contribution >= 0.6 is 0 Å². The molecule has 2 rings (SSSR count). The minimum Gasteiger partial charge on any atom is -0.366 e. The molecule has 0 saturated carbocycles. The summed E-state index contributed by atoms with van der Waals surface area (Å²) in [5.41, 5.74) is 2.45. The van der Waals surface area contributed by atoms with Gasteiger partial charge in [0.2, 0.25) is 5.95 Å². The van der Waals surface area contributed by atoms with Crippen LogP contribution in [0.1, 0.15) is 25.0 Å². The van der Waals surface area contributed by atoms with E-state index in [2.05, 4.69) is 70.9 Å². The van der Waals surface area contributed by atoms with Crippen molar-refractivity contribution in [2.45, 2.75) is 33.4 Å². The van der Waals surface area contributed by atoms with Crippen molar-refractivity contribution in [3.8, 4) is 0 Å². The molecule has 19 heavy (non-hydrogen) atoms. The predicted octanol–water partition coefficient (Wildman–Crippen LogP) is 2.61. The minimum absolute atomic E-state index is 0.321. The molecule has 0 aliphatic rings. The van der Waals surface area contributed by atoms with Crippen molar-refractivity contribution in [1.29, 1.82) is 0 Å². The Kier molecular flexibility index (Phi) is 4.28. The summed E-state index contributed by atoms with van der Waals surface area (Å²) in [6.45, 7) is 6.88. The van der Waals surface area contributed by atoms with E-state index in [0.29, 0.717) is 18.5 Å². The number of aromatic nitrogens is 3. The largest absolute Gasteiger partial charge is 0.366 e. The van der Waals surface area contributed by atoms with Gasteiger partial charge in [0.05, 0.1) is 6.20 Å². The molecule has 100 valence electrons. The van der Waals surface area contributed by atoms with Crippen LogP contribution in [-0.2, 0) is 6.54 Å². The molecular formula is C14H19N5. The highest BCUT2D eigenvalue weighted by Gasteiger charge is 2.01. The van der Waals surface area contributed by atoms with E-state index in [1.807, 2.05) is 0 Å². The predicted molar refractivity (Wildman–Crippen MR) is 77.1 cm³/mol. The summed E-state index contributed by atoms with van der Waals surface area (Å²) < 4.78 is 0. The van der Waals surface area contributed by atoms with Crippen LogP contribution in [-0.4, -0.2) is 21.2 Å². The van der Waals surface area contributed by atoms with E-state index in [4.69, 9.17) is 0 Å². The second-order valence-electron chi connectivity index (χ2n) is 4.80. The van der Waals surface area contributed by atoms with Gasteiger partial charge in [-0.2, -0.15) is 10.1 Å². The second kappa shape index (κ2) is 6.13. The van der Waals surface area contributed by atoms with Crippen LogP contribution in [0, 0.1) is 6.92 Å². The highest BCUT2D eigenvalue weighted by atomic mass is 15.3. The summed E-state index contributed by atoms with van der Waals surface area (Å²) in [5.74, 6) is 1.27. The van der Waals surface area contributed by atoms with Crippen molar-refractivity contribution in [2.75, 3.05) is 10.6 Å². The standard InChI is InChI=1S/C14H19N5/c1-10(2)17-13-9-16-19-14(18-13)15-8-12-6-4-11(3)5-7-12/h4-7,9-10H,8H2,1-3H3,(H2,15,17,18,19). The van der Waals surface area contributed by atoms with Gasteiger partial charge in [-0.25, -0.2) is 0 Å². The Morgan fingerprint density at radius 2 is 1.89 bits per heavy atom. The Hall–Kier alpha value is -2.17. The molecule has 2 N–H and O–H groups in total. The van der Waals surface area contributed by atoms with Crippen molar-refractivity contribution in [3.63, 3.8) is 0 Å². The minimum atomic E-state index is 0.321. The Morgan fingerprint density at radius 1 is 1.16 bits per heavy atom. The first-order valence-electron chi connectivity index (χ1n) is 6.39. The lowest BCUT2D eigenvalue weighted by Crippen LogP contribution is -2.13. The molecule has 0 spiro atoms. The average Bonchev–Trinajstić information content (AvgIpc) is 2.38. The molecule has 0 aliphatic carbocycles. The van der Waals surface area contributed by atoms with Crippen LogP contribution in [0.25, 0.3) is 0 Å². The maximum Gasteiger partial charge on any atom is 0.244 e. The fourth-order valence-corrected chi connectivity index (χ4v) is 1.63. The topological polar surface area (TPSA) is 62.7 Å². The number of rotatable bonds is 5. The van der Waals surface area contributed by atoms with E-state index in [1.54, 1.807) is 6.20 Å². The number of hydrogen-bond acceptors (Lipinski definition) is 5. The molecule has 5 nitrogen and oxygen atoms in total. The molecular weight excluding hydrogens is 238 g/mol. The molecule has 0 fully saturated rings. The smallest absolute Gasteiger partial charge is 0.244 e. The summed E-state index contributed by atoms with van der Waals surface area (Å²) in [6, 6.07) is 8.68. The van der Waals surface area contributed by atoms with Crippen molar-refractivity contribution >= 4 is 11.8 Å². The molecule has 0 atom stereocenters. The maximum atomic E-state index is 4.35. The molecule has 0 unspecified atom stereocenters. The third-order valence-electron chi connectivity index (χ3n) is 2.57. The lowest BCUT2D eigenvalue weighted by atomic mass is 10.1. The highest BCUT2D eigenvalue weighted by Crippen LogP contribution is 2.08. The number of anilines is 2. The Bertz CT molecular complexity index is 522. The van der Waals surface area contributed by atoms with E-state index in [9.17, 15) is 0 Å². The van der Waals surface area contributed by atoms with Gasteiger partial charge >= 0.3 is 0 Å². The van der Waals surface area contributed by atoms with Crippen molar-refractivity contribution in [1.82, 2.24) is 15.2 Å². The fourth-order valence-electron chi connectivity index (χ4n) is 1.63. The first kappa shape index (κ1) is 13.3. The zero-order valence-corrected chi connectivity index (χ0v) is 11.5.